The lowest BCUT2D eigenvalue weighted by molar-refractivity contribution is -0.117. The highest BCUT2D eigenvalue weighted by Gasteiger charge is 2.29. The Balaban J connectivity index is 1.59. The average molecular weight is 470 g/mol. The van der Waals surface area contributed by atoms with E-state index in [9.17, 15) is 9.59 Å². The molecule has 0 spiro atoms. The molecule has 1 atom stereocenters. The Morgan fingerprint density at radius 3 is 2.59 bits per heavy atom. The molecule has 8 heteroatoms. The van der Waals surface area contributed by atoms with Gasteiger partial charge in [-0.3, -0.25) is 9.69 Å². The molecule has 1 aliphatic rings. The molecule has 1 N–H and O–H groups in total. The molecule has 0 aliphatic carbocycles. The molecule has 1 aromatic carbocycles. The predicted molar refractivity (Wildman–Crippen MR) is 134 cm³/mol. The number of aryl methyl sites for hydroxylation is 1. The molecule has 0 bridgehead atoms. The number of nitrogens with zero attached hydrogens (tertiary/aromatic N) is 4. The number of nitrogens with one attached hydrogen (secondary N) is 1. The lowest BCUT2D eigenvalue weighted by Gasteiger charge is -2.37. The molecule has 1 aliphatic heterocycles. The van der Waals surface area contributed by atoms with Crippen LogP contribution in [-0.4, -0.2) is 69.4 Å². The van der Waals surface area contributed by atoms with Crippen LogP contribution in [0.1, 0.15) is 53.2 Å². The highest BCUT2D eigenvalue weighted by Crippen LogP contribution is 2.21. The molecule has 2 aromatic rings. The Hall–Kier alpha value is -2.87. The van der Waals surface area contributed by atoms with E-state index >= 15 is 0 Å². The van der Waals surface area contributed by atoms with E-state index in [1.165, 1.54) is 0 Å². The number of hydrogen-bond acceptors (Lipinski definition) is 5. The first-order chi connectivity index (χ1) is 16.0. The fraction of sp³-hybridized carbons (Fsp3) is 0.577. The highest BCUT2D eigenvalue weighted by atomic mass is 16.6. The van der Waals surface area contributed by atoms with E-state index in [4.69, 9.17) is 4.74 Å². The van der Waals surface area contributed by atoms with Crippen molar-refractivity contribution in [3.05, 3.63) is 42.1 Å². The fourth-order valence-corrected chi connectivity index (χ4v) is 4.28. The van der Waals surface area contributed by atoms with Crippen LogP contribution < -0.4 is 5.32 Å². The van der Waals surface area contributed by atoms with Gasteiger partial charge in [-0.2, -0.15) is 5.10 Å². The molecule has 1 saturated heterocycles. The summed E-state index contributed by atoms with van der Waals surface area (Å²) in [4.78, 5) is 29.6. The largest absolute Gasteiger partial charge is 0.444 e. The number of hydrogen-bond donors (Lipinski definition) is 1. The minimum Gasteiger partial charge on any atom is -0.444 e. The van der Waals surface area contributed by atoms with Crippen LogP contribution in [0.5, 0.6) is 0 Å². The van der Waals surface area contributed by atoms with Crippen molar-refractivity contribution >= 4 is 17.8 Å². The van der Waals surface area contributed by atoms with Gasteiger partial charge in [0.25, 0.3) is 0 Å². The zero-order valence-corrected chi connectivity index (χ0v) is 21.4. The molecule has 0 saturated carbocycles. The third kappa shape index (κ3) is 7.32. The van der Waals surface area contributed by atoms with Gasteiger partial charge >= 0.3 is 6.09 Å². The molecule has 34 heavy (non-hydrogen) atoms. The Morgan fingerprint density at radius 1 is 1.24 bits per heavy atom. The van der Waals surface area contributed by atoms with E-state index in [0.717, 1.165) is 37.3 Å². The van der Waals surface area contributed by atoms with Gasteiger partial charge in [-0.05, 0) is 79.0 Å². The summed E-state index contributed by atoms with van der Waals surface area (Å²) in [6.45, 7) is 14.2. The van der Waals surface area contributed by atoms with Crippen LogP contribution in [-0.2, 0) is 9.53 Å². The van der Waals surface area contributed by atoms with Gasteiger partial charge in [-0.1, -0.05) is 18.2 Å². The van der Waals surface area contributed by atoms with Crippen LogP contribution in [0.2, 0.25) is 0 Å². The van der Waals surface area contributed by atoms with Crippen molar-refractivity contribution in [2.24, 2.45) is 5.92 Å². The van der Waals surface area contributed by atoms with Gasteiger partial charge in [0, 0.05) is 25.2 Å². The maximum Gasteiger partial charge on any atom is 0.410 e. The molecule has 1 fully saturated rings. The number of piperidine rings is 1. The van der Waals surface area contributed by atoms with E-state index in [1.807, 2.05) is 77.9 Å². The number of para-hydroxylation sites is 1. The third-order valence-corrected chi connectivity index (χ3v) is 5.78. The summed E-state index contributed by atoms with van der Waals surface area (Å²) in [5, 5.41) is 7.55. The van der Waals surface area contributed by atoms with Crippen molar-refractivity contribution in [3.8, 4) is 5.69 Å². The second-order valence-corrected chi connectivity index (χ2v) is 10.4. The number of anilines is 1. The van der Waals surface area contributed by atoms with Crippen LogP contribution in [0.4, 0.5) is 10.6 Å². The summed E-state index contributed by atoms with van der Waals surface area (Å²) in [6, 6.07) is 11.7. The summed E-state index contributed by atoms with van der Waals surface area (Å²) in [6.07, 6.45) is 1.76. The molecule has 2 heterocycles. The molecular formula is C26H39N5O3. The average Bonchev–Trinajstić information content (AvgIpc) is 3.11. The summed E-state index contributed by atoms with van der Waals surface area (Å²) in [5.74, 6) is 0.900. The first-order valence-electron chi connectivity index (χ1n) is 12.2. The number of likely N-dealkylation sites (tertiary alicyclic amines) is 1. The first-order valence-corrected chi connectivity index (χ1v) is 12.2. The van der Waals surface area contributed by atoms with Crippen molar-refractivity contribution in [3.63, 3.8) is 0 Å². The van der Waals surface area contributed by atoms with Gasteiger partial charge in [-0.15, -0.1) is 0 Å². The van der Waals surface area contributed by atoms with E-state index in [-0.39, 0.29) is 18.0 Å². The molecule has 0 radical (unpaired) electrons. The van der Waals surface area contributed by atoms with Gasteiger partial charge in [0.2, 0.25) is 5.91 Å². The monoisotopic (exact) mass is 469 g/mol. The Bertz CT molecular complexity index is 965. The lowest BCUT2D eigenvalue weighted by atomic mass is 9.97. The second kappa shape index (κ2) is 11.0. The summed E-state index contributed by atoms with van der Waals surface area (Å²) in [5.41, 5.74) is 1.22. The maximum absolute atomic E-state index is 12.9. The Kier molecular flexibility index (Phi) is 8.36. The van der Waals surface area contributed by atoms with Crippen LogP contribution in [0.3, 0.4) is 0 Å². The van der Waals surface area contributed by atoms with Gasteiger partial charge in [0.1, 0.15) is 11.4 Å². The zero-order chi connectivity index (χ0) is 24.9. The zero-order valence-electron chi connectivity index (χ0n) is 21.4. The number of amides is 2. The molecule has 2 amide bonds. The number of benzene rings is 1. The molecule has 186 valence electrons. The topological polar surface area (TPSA) is 79.7 Å². The van der Waals surface area contributed by atoms with Crippen molar-refractivity contribution in [1.29, 1.82) is 0 Å². The van der Waals surface area contributed by atoms with Gasteiger partial charge in [0.15, 0.2) is 0 Å². The molecular weight excluding hydrogens is 430 g/mol. The van der Waals surface area contributed by atoms with Crippen molar-refractivity contribution < 1.29 is 14.3 Å². The summed E-state index contributed by atoms with van der Waals surface area (Å²) >= 11 is 0. The predicted octanol–water partition coefficient (Wildman–Crippen LogP) is 4.48. The quantitative estimate of drug-likeness (QED) is 0.647. The molecule has 1 aromatic heterocycles. The highest BCUT2D eigenvalue weighted by molar-refractivity contribution is 5.91. The van der Waals surface area contributed by atoms with Crippen molar-refractivity contribution in [2.75, 3.05) is 31.5 Å². The van der Waals surface area contributed by atoms with Gasteiger partial charge in [-0.25, -0.2) is 9.48 Å². The number of ether oxygens (including phenoxy) is 1. The van der Waals surface area contributed by atoms with Crippen LogP contribution in [0.25, 0.3) is 5.69 Å². The smallest absolute Gasteiger partial charge is 0.410 e. The third-order valence-electron chi connectivity index (χ3n) is 5.78. The second-order valence-electron chi connectivity index (χ2n) is 10.4. The summed E-state index contributed by atoms with van der Waals surface area (Å²) in [7, 11) is 0. The van der Waals surface area contributed by atoms with Gasteiger partial charge < -0.3 is 15.0 Å². The number of aromatic nitrogens is 2. The van der Waals surface area contributed by atoms with Crippen molar-refractivity contribution in [1.82, 2.24) is 19.6 Å². The number of rotatable bonds is 7. The van der Waals surface area contributed by atoms with Crippen molar-refractivity contribution in [2.45, 2.75) is 66.0 Å². The van der Waals surface area contributed by atoms with Gasteiger partial charge in [0.05, 0.1) is 17.9 Å². The lowest BCUT2D eigenvalue weighted by Crippen LogP contribution is -2.48. The molecule has 8 nitrogen and oxygen atoms in total. The minimum absolute atomic E-state index is 0.0510. The first kappa shape index (κ1) is 25.7. The van der Waals surface area contributed by atoms with E-state index in [2.05, 4.69) is 15.3 Å². The Labute approximate surface area is 203 Å². The van der Waals surface area contributed by atoms with Crippen LogP contribution in [0.15, 0.2) is 36.4 Å². The SMILES string of the molecule is Cc1cc(NC(=O)CN2CCCC(CN(C(=O)OC(C)(C)C)C(C)C)C2)n(-c2ccccc2)n1. The normalized spacial score (nSPS) is 17.0. The fourth-order valence-electron chi connectivity index (χ4n) is 4.28. The van der Waals surface area contributed by atoms with E-state index in [0.29, 0.717) is 24.8 Å². The van der Waals surface area contributed by atoms with E-state index < -0.39 is 5.60 Å². The molecule has 1 unspecified atom stereocenters. The number of carbonyl (C=O) groups excluding carboxylic acids is 2. The standard InChI is InChI=1S/C26H39N5O3/c1-19(2)30(25(33)34-26(4,5)6)17-21-11-10-14-29(16-21)18-24(32)27-23-15-20(3)28-31(23)22-12-8-7-9-13-22/h7-9,12-13,15,19,21H,10-11,14,16-18H2,1-6H3,(H,27,32). The van der Waals surface area contributed by atoms with Crippen LogP contribution >= 0.6 is 0 Å². The maximum atomic E-state index is 12.9. The van der Waals surface area contributed by atoms with Crippen LogP contribution in [0, 0.1) is 12.8 Å². The van der Waals surface area contributed by atoms with E-state index in [1.54, 1.807) is 9.58 Å². The Morgan fingerprint density at radius 2 is 1.94 bits per heavy atom. The number of carbonyl (C=O) groups is 2. The molecule has 3 rings (SSSR count). The minimum atomic E-state index is -0.522. The summed E-state index contributed by atoms with van der Waals surface area (Å²) < 4.78 is 7.37.